The van der Waals surface area contributed by atoms with Crippen molar-refractivity contribution in [1.82, 2.24) is 4.98 Å². The molecule has 24 heavy (non-hydrogen) atoms. The number of primary amides is 1. The van der Waals surface area contributed by atoms with E-state index in [0.717, 1.165) is 33.6 Å². The first-order valence-corrected chi connectivity index (χ1v) is 7.94. The lowest BCUT2D eigenvalue weighted by molar-refractivity contribution is -0.114. The predicted octanol–water partition coefficient (Wildman–Crippen LogP) is 3.49. The first kappa shape index (κ1) is 14.7. The molecule has 1 aromatic carbocycles. The van der Waals surface area contributed by atoms with E-state index in [-0.39, 0.29) is 5.91 Å². The van der Waals surface area contributed by atoms with Crippen LogP contribution in [-0.2, 0) is 4.79 Å². The molecule has 0 radical (unpaired) electrons. The van der Waals surface area contributed by atoms with Crippen molar-refractivity contribution in [3.05, 3.63) is 65.5 Å². The van der Waals surface area contributed by atoms with E-state index in [1.165, 1.54) is 0 Å². The van der Waals surface area contributed by atoms with E-state index in [1.54, 1.807) is 6.20 Å². The summed E-state index contributed by atoms with van der Waals surface area (Å²) >= 11 is 0. The number of benzene rings is 1. The summed E-state index contributed by atoms with van der Waals surface area (Å²) < 4.78 is 6.21. The van der Waals surface area contributed by atoms with Crippen LogP contribution in [0.25, 0.3) is 16.7 Å². The molecule has 0 atom stereocenters. The highest BCUT2D eigenvalue weighted by atomic mass is 16.5. The quantitative estimate of drug-likeness (QED) is 0.922. The number of carbonyl (C=O) groups excluding carboxylic acids is 1. The van der Waals surface area contributed by atoms with Crippen LogP contribution in [0.5, 0.6) is 5.75 Å². The molecule has 1 aliphatic heterocycles. The Balaban J connectivity index is 1.94. The average Bonchev–Trinajstić information content (AvgIpc) is 3.01. The smallest absolute Gasteiger partial charge is 0.244 e. The topological polar surface area (TPSA) is 65.2 Å². The van der Waals surface area contributed by atoms with Gasteiger partial charge >= 0.3 is 0 Å². The maximum Gasteiger partial charge on any atom is 0.244 e. The van der Waals surface area contributed by atoms with Crippen molar-refractivity contribution in [2.45, 2.75) is 25.9 Å². The minimum absolute atomic E-state index is 0.378. The average molecular weight is 318 g/mol. The van der Waals surface area contributed by atoms with Gasteiger partial charge in [0.2, 0.25) is 5.91 Å². The molecule has 0 saturated heterocycles. The summed E-state index contributed by atoms with van der Waals surface area (Å²) in [5.74, 6) is 0.372. The summed E-state index contributed by atoms with van der Waals surface area (Å²) in [7, 11) is 0. The molecule has 2 aromatic rings. The molecule has 1 aromatic heterocycles. The zero-order valence-corrected chi connectivity index (χ0v) is 13.7. The van der Waals surface area contributed by atoms with E-state index in [2.05, 4.69) is 17.1 Å². The molecule has 4 rings (SSSR count). The van der Waals surface area contributed by atoms with E-state index in [0.29, 0.717) is 12.0 Å². The Morgan fingerprint density at radius 1 is 1.21 bits per heavy atom. The highest BCUT2D eigenvalue weighted by Gasteiger charge is 2.39. The molecule has 2 heterocycles. The van der Waals surface area contributed by atoms with Crippen molar-refractivity contribution < 1.29 is 9.53 Å². The molecular weight excluding hydrogens is 300 g/mol. The summed E-state index contributed by atoms with van der Waals surface area (Å²) in [5.41, 5.74) is 10.9. The second-order valence-corrected chi connectivity index (χ2v) is 6.64. The van der Waals surface area contributed by atoms with Gasteiger partial charge in [-0.25, -0.2) is 0 Å². The fraction of sp³-hybridized carbons (Fsp3) is 0.200. The van der Waals surface area contributed by atoms with Crippen molar-refractivity contribution in [2.75, 3.05) is 0 Å². The van der Waals surface area contributed by atoms with Gasteiger partial charge in [-0.3, -0.25) is 9.78 Å². The maximum atomic E-state index is 11.7. The fourth-order valence-corrected chi connectivity index (χ4v) is 3.51. The number of pyridine rings is 1. The number of aromatic nitrogens is 1. The molecule has 120 valence electrons. The van der Waals surface area contributed by atoms with Gasteiger partial charge in [0.25, 0.3) is 0 Å². The fourth-order valence-electron chi connectivity index (χ4n) is 3.51. The molecule has 0 bridgehead atoms. The third kappa shape index (κ3) is 2.14. The standard InChI is InChI=1S/C20H18N2O2/c1-20(2)16-9-13(19(21)23)8-14(16)18-15(10-22-11-17(18)24-20)12-6-4-3-5-7-12/h3-7,9-11H,8H2,1-2H3,(H2,21,23). The van der Waals surface area contributed by atoms with Crippen LogP contribution in [0.2, 0.25) is 0 Å². The van der Waals surface area contributed by atoms with Crippen molar-refractivity contribution in [3.8, 4) is 16.9 Å². The largest absolute Gasteiger partial charge is 0.481 e. The first-order chi connectivity index (χ1) is 11.5. The number of nitrogens with zero attached hydrogens (tertiary/aromatic N) is 1. The van der Waals surface area contributed by atoms with Crippen LogP contribution in [0, 0.1) is 0 Å². The Morgan fingerprint density at radius 3 is 2.67 bits per heavy atom. The summed E-state index contributed by atoms with van der Waals surface area (Å²) in [6.07, 6.45) is 6.02. The number of rotatable bonds is 2. The van der Waals surface area contributed by atoms with Crippen LogP contribution in [0.1, 0.15) is 25.8 Å². The van der Waals surface area contributed by atoms with Crippen LogP contribution in [-0.4, -0.2) is 16.5 Å². The molecular formula is C20H18N2O2. The Labute approximate surface area is 140 Å². The SMILES string of the molecule is CC1(C)Oc2cncc(-c3ccccc3)c2C2=C1C=C(C(N)=O)C2. The molecule has 0 spiro atoms. The van der Waals surface area contributed by atoms with Gasteiger partial charge in [-0.1, -0.05) is 30.3 Å². The van der Waals surface area contributed by atoms with Gasteiger partial charge in [-0.05, 0) is 36.6 Å². The van der Waals surface area contributed by atoms with Crippen molar-refractivity contribution in [1.29, 1.82) is 0 Å². The lowest BCUT2D eigenvalue weighted by Crippen LogP contribution is -2.33. The number of nitrogens with two attached hydrogens (primary N) is 1. The highest BCUT2D eigenvalue weighted by molar-refractivity contribution is 6.01. The maximum absolute atomic E-state index is 11.7. The highest BCUT2D eigenvalue weighted by Crippen LogP contribution is 2.50. The van der Waals surface area contributed by atoms with E-state index in [9.17, 15) is 4.79 Å². The van der Waals surface area contributed by atoms with E-state index < -0.39 is 5.60 Å². The van der Waals surface area contributed by atoms with Gasteiger partial charge in [0.15, 0.2) is 0 Å². The van der Waals surface area contributed by atoms with Crippen LogP contribution >= 0.6 is 0 Å². The Morgan fingerprint density at radius 2 is 1.96 bits per heavy atom. The number of hydrogen-bond acceptors (Lipinski definition) is 3. The summed E-state index contributed by atoms with van der Waals surface area (Å²) in [6.45, 7) is 4.00. The number of carbonyl (C=O) groups is 1. The van der Waals surface area contributed by atoms with Crippen molar-refractivity contribution in [3.63, 3.8) is 0 Å². The summed E-state index contributed by atoms with van der Waals surface area (Å²) in [6, 6.07) is 10.1. The molecule has 2 N–H and O–H groups in total. The second-order valence-electron chi connectivity index (χ2n) is 6.64. The Bertz CT molecular complexity index is 908. The first-order valence-electron chi connectivity index (χ1n) is 7.94. The monoisotopic (exact) mass is 318 g/mol. The van der Waals surface area contributed by atoms with Gasteiger partial charge in [-0.15, -0.1) is 0 Å². The lowest BCUT2D eigenvalue weighted by atomic mass is 9.85. The van der Waals surface area contributed by atoms with Crippen LogP contribution in [0.15, 0.2) is 59.9 Å². The minimum atomic E-state index is -0.517. The minimum Gasteiger partial charge on any atom is -0.481 e. The number of fused-ring (bicyclic) bond motifs is 2. The van der Waals surface area contributed by atoms with E-state index in [4.69, 9.17) is 10.5 Å². The third-order valence-electron chi connectivity index (χ3n) is 4.64. The Kier molecular flexibility index (Phi) is 3.10. The zero-order valence-electron chi connectivity index (χ0n) is 13.7. The number of allylic oxidation sites excluding steroid dienone is 1. The molecule has 1 amide bonds. The van der Waals surface area contributed by atoms with Crippen molar-refractivity contribution >= 4 is 11.5 Å². The van der Waals surface area contributed by atoms with Crippen LogP contribution in [0.4, 0.5) is 0 Å². The van der Waals surface area contributed by atoms with Gasteiger partial charge < -0.3 is 10.5 Å². The van der Waals surface area contributed by atoms with Crippen LogP contribution < -0.4 is 10.5 Å². The lowest BCUT2D eigenvalue weighted by Gasteiger charge is -2.35. The molecule has 1 aliphatic carbocycles. The number of amides is 1. The second kappa shape index (κ2) is 5.06. The molecule has 2 aliphatic rings. The normalized spacial score (nSPS) is 17.7. The molecule has 4 heteroatoms. The van der Waals surface area contributed by atoms with Gasteiger partial charge in [0.05, 0.1) is 6.20 Å². The molecule has 4 nitrogen and oxygen atoms in total. The predicted molar refractivity (Wildman–Crippen MR) is 93.2 cm³/mol. The Hall–Kier alpha value is -2.88. The molecule has 0 fully saturated rings. The van der Waals surface area contributed by atoms with E-state index >= 15 is 0 Å². The molecule has 0 saturated carbocycles. The van der Waals surface area contributed by atoms with Crippen LogP contribution in [0.3, 0.4) is 0 Å². The third-order valence-corrected chi connectivity index (χ3v) is 4.64. The number of ether oxygens (including phenoxy) is 1. The van der Waals surface area contributed by atoms with Gasteiger partial charge in [0, 0.05) is 29.3 Å². The van der Waals surface area contributed by atoms with E-state index in [1.807, 2.05) is 44.3 Å². The summed E-state index contributed by atoms with van der Waals surface area (Å²) in [4.78, 5) is 16.0. The summed E-state index contributed by atoms with van der Waals surface area (Å²) in [5, 5.41) is 0. The number of hydrogen-bond donors (Lipinski definition) is 1. The van der Waals surface area contributed by atoms with Crippen molar-refractivity contribution in [2.24, 2.45) is 5.73 Å². The van der Waals surface area contributed by atoms with Gasteiger partial charge in [0.1, 0.15) is 11.4 Å². The zero-order chi connectivity index (χ0) is 16.9. The van der Waals surface area contributed by atoms with Gasteiger partial charge in [-0.2, -0.15) is 0 Å². The molecule has 0 unspecified atom stereocenters.